The fourth-order valence-corrected chi connectivity index (χ4v) is 2.63. The van der Waals surface area contributed by atoms with Crippen molar-refractivity contribution < 1.29 is 0 Å². The number of aryl methyl sites for hydroxylation is 1. The molecule has 21 heavy (non-hydrogen) atoms. The van der Waals surface area contributed by atoms with Crippen molar-refractivity contribution in [2.24, 2.45) is 5.92 Å². The maximum absolute atomic E-state index is 11.6. The van der Waals surface area contributed by atoms with Crippen LogP contribution in [0, 0.1) is 5.92 Å². The van der Waals surface area contributed by atoms with Gasteiger partial charge < -0.3 is 5.32 Å². The summed E-state index contributed by atoms with van der Waals surface area (Å²) in [5, 5.41) is 12.3. The summed E-state index contributed by atoms with van der Waals surface area (Å²) in [5.41, 5.74) is -0.188. The van der Waals surface area contributed by atoms with Gasteiger partial charge in [0.1, 0.15) is 0 Å². The summed E-state index contributed by atoms with van der Waals surface area (Å²) in [6.07, 6.45) is 4.50. The monoisotopic (exact) mass is 304 g/mol. The van der Waals surface area contributed by atoms with Crippen molar-refractivity contribution in [1.29, 1.82) is 0 Å². The van der Waals surface area contributed by atoms with E-state index in [1.54, 1.807) is 0 Å². The van der Waals surface area contributed by atoms with E-state index in [9.17, 15) is 4.79 Å². The lowest BCUT2D eigenvalue weighted by Gasteiger charge is -2.04. The van der Waals surface area contributed by atoms with Crippen LogP contribution < -0.4 is 10.9 Å². The molecule has 0 amide bonds. The minimum absolute atomic E-state index is 0.188. The first kappa shape index (κ1) is 13.7. The molecule has 0 spiro atoms. The van der Waals surface area contributed by atoms with Gasteiger partial charge in [-0.3, -0.25) is 9.48 Å². The lowest BCUT2D eigenvalue weighted by molar-refractivity contribution is 0.488. The zero-order valence-electron chi connectivity index (χ0n) is 11.9. The molecule has 3 rings (SSSR count). The Balaban J connectivity index is 1.76. The summed E-state index contributed by atoms with van der Waals surface area (Å²) in [5.74, 6) is 1.36. The maximum Gasteiger partial charge on any atom is 0.275 e. The van der Waals surface area contributed by atoms with E-state index < -0.39 is 0 Å². The topological polar surface area (TPSA) is 77.1 Å². The molecule has 3 aromatic heterocycles. The van der Waals surface area contributed by atoms with Crippen molar-refractivity contribution in [3.63, 3.8) is 0 Å². The third-order valence-corrected chi connectivity index (χ3v) is 3.82. The molecule has 0 saturated heterocycles. The maximum atomic E-state index is 11.6. The Morgan fingerprint density at radius 3 is 2.95 bits per heavy atom. The van der Waals surface area contributed by atoms with Crippen LogP contribution in [0.1, 0.15) is 20.3 Å². The van der Waals surface area contributed by atoms with Crippen LogP contribution in [0.2, 0.25) is 0 Å². The molecule has 0 fully saturated rings. The van der Waals surface area contributed by atoms with Gasteiger partial charge in [0.25, 0.3) is 5.56 Å². The van der Waals surface area contributed by atoms with Crippen LogP contribution in [0.4, 0.5) is 10.9 Å². The molecule has 0 aliphatic carbocycles. The molecule has 0 aromatic carbocycles. The highest BCUT2D eigenvalue weighted by molar-refractivity contribution is 7.20. The Hall–Kier alpha value is -2.22. The summed E-state index contributed by atoms with van der Waals surface area (Å²) in [7, 11) is 0. The lowest BCUT2D eigenvalue weighted by Crippen LogP contribution is -2.12. The second kappa shape index (κ2) is 5.65. The van der Waals surface area contributed by atoms with E-state index in [1.165, 1.54) is 28.1 Å². The number of hydrogen-bond acceptors (Lipinski definition) is 6. The molecular formula is C13H16N6OS. The molecule has 0 saturated carbocycles. The first-order valence-corrected chi connectivity index (χ1v) is 7.59. The Morgan fingerprint density at radius 1 is 1.33 bits per heavy atom. The van der Waals surface area contributed by atoms with Gasteiger partial charge in [-0.05, 0) is 12.3 Å². The van der Waals surface area contributed by atoms with Crippen LogP contribution in [0.15, 0.2) is 29.3 Å². The van der Waals surface area contributed by atoms with Crippen LogP contribution in [0.5, 0.6) is 0 Å². The molecule has 8 heteroatoms. The molecule has 0 aliphatic heterocycles. The van der Waals surface area contributed by atoms with E-state index in [2.05, 4.69) is 34.3 Å². The molecule has 0 radical (unpaired) electrons. The van der Waals surface area contributed by atoms with Gasteiger partial charge in [-0.2, -0.15) is 9.61 Å². The molecule has 3 heterocycles. The highest BCUT2D eigenvalue weighted by Gasteiger charge is 2.07. The standard InChI is InChI=1S/C13H16N6OS/c1-9(2)4-7-18-8-5-10(16-18)15-12-17-19-11(20)3-6-14-13(19)21-12/h3,5-6,8-9H,4,7H2,1-2H3,(H,15,16,17). The van der Waals surface area contributed by atoms with Gasteiger partial charge in [0.2, 0.25) is 10.1 Å². The number of fused-ring (bicyclic) bond motifs is 1. The van der Waals surface area contributed by atoms with Crippen LogP contribution in [0.25, 0.3) is 4.96 Å². The summed E-state index contributed by atoms with van der Waals surface area (Å²) in [4.78, 5) is 16.3. The zero-order chi connectivity index (χ0) is 14.8. The molecule has 1 N–H and O–H groups in total. The Labute approximate surface area is 125 Å². The fourth-order valence-electron chi connectivity index (χ4n) is 1.85. The van der Waals surface area contributed by atoms with Crippen molar-refractivity contribution in [2.45, 2.75) is 26.8 Å². The van der Waals surface area contributed by atoms with E-state index in [0.29, 0.717) is 21.8 Å². The number of anilines is 2. The molecule has 0 bridgehead atoms. The van der Waals surface area contributed by atoms with Crippen LogP contribution in [0.3, 0.4) is 0 Å². The predicted octanol–water partition coefficient (Wildman–Crippen LogP) is 2.14. The van der Waals surface area contributed by atoms with Crippen LogP contribution in [-0.4, -0.2) is 24.4 Å². The smallest absolute Gasteiger partial charge is 0.275 e. The Bertz CT molecular complexity index is 802. The van der Waals surface area contributed by atoms with E-state index in [-0.39, 0.29) is 5.56 Å². The Morgan fingerprint density at radius 2 is 2.19 bits per heavy atom. The van der Waals surface area contributed by atoms with Crippen LogP contribution >= 0.6 is 11.3 Å². The van der Waals surface area contributed by atoms with Crippen LogP contribution in [-0.2, 0) is 6.54 Å². The van der Waals surface area contributed by atoms with Crippen molar-refractivity contribution >= 4 is 27.2 Å². The van der Waals surface area contributed by atoms with Crippen molar-refractivity contribution in [3.05, 3.63) is 34.9 Å². The van der Waals surface area contributed by atoms with E-state index in [0.717, 1.165) is 13.0 Å². The number of hydrogen-bond donors (Lipinski definition) is 1. The fraction of sp³-hybridized carbons (Fsp3) is 0.385. The normalized spacial score (nSPS) is 11.4. The summed E-state index contributed by atoms with van der Waals surface area (Å²) < 4.78 is 3.18. The third kappa shape index (κ3) is 3.10. The van der Waals surface area contributed by atoms with Crippen molar-refractivity contribution in [2.75, 3.05) is 5.32 Å². The quantitative estimate of drug-likeness (QED) is 0.781. The highest BCUT2D eigenvalue weighted by Crippen LogP contribution is 2.20. The van der Waals surface area contributed by atoms with Gasteiger partial charge in [0.05, 0.1) is 0 Å². The van der Waals surface area contributed by atoms with Gasteiger partial charge >= 0.3 is 0 Å². The first-order chi connectivity index (χ1) is 10.1. The molecule has 0 aliphatic rings. The van der Waals surface area contributed by atoms with Gasteiger partial charge in [-0.25, -0.2) is 4.98 Å². The van der Waals surface area contributed by atoms with E-state index in [4.69, 9.17) is 0 Å². The molecular weight excluding hydrogens is 288 g/mol. The average Bonchev–Trinajstić information content (AvgIpc) is 3.04. The minimum atomic E-state index is -0.188. The summed E-state index contributed by atoms with van der Waals surface area (Å²) in [6.45, 7) is 5.27. The second-order valence-electron chi connectivity index (χ2n) is 5.16. The highest BCUT2D eigenvalue weighted by atomic mass is 32.1. The van der Waals surface area contributed by atoms with Crippen molar-refractivity contribution in [3.8, 4) is 0 Å². The predicted molar refractivity (Wildman–Crippen MR) is 82.1 cm³/mol. The molecule has 0 unspecified atom stereocenters. The lowest BCUT2D eigenvalue weighted by atomic mass is 10.1. The zero-order valence-corrected chi connectivity index (χ0v) is 12.7. The van der Waals surface area contributed by atoms with E-state index >= 15 is 0 Å². The first-order valence-electron chi connectivity index (χ1n) is 6.77. The number of aromatic nitrogens is 5. The van der Waals surface area contributed by atoms with Crippen molar-refractivity contribution in [1.82, 2.24) is 24.4 Å². The molecule has 3 aromatic rings. The molecule has 7 nitrogen and oxygen atoms in total. The molecule has 0 atom stereocenters. The number of nitrogens with zero attached hydrogens (tertiary/aromatic N) is 5. The second-order valence-corrected chi connectivity index (χ2v) is 6.11. The SMILES string of the molecule is CC(C)CCn1ccc(Nc2nn3c(=O)ccnc3s2)n1. The number of nitrogens with one attached hydrogen (secondary N) is 1. The van der Waals surface area contributed by atoms with E-state index in [1.807, 2.05) is 16.9 Å². The number of rotatable bonds is 5. The third-order valence-electron chi connectivity index (χ3n) is 2.98. The summed E-state index contributed by atoms with van der Waals surface area (Å²) >= 11 is 1.31. The largest absolute Gasteiger partial charge is 0.313 e. The molecule has 110 valence electrons. The van der Waals surface area contributed by atoms with Gasteiger partial charge in [0.15, 0.2) is 5.82 Å². The average molecular weight is 304 g/mol. The minimum Gasteiger partial charge on any atom is -0.313 e. The Kier molecular flexibility index (Phi) is 3.70. The van der Waals surface area contributed by atoms with Gasteiger partial charge in [-0.1, -0.05) is 25.2 Å². The van der Waals surface area contributed by atoms with Gasteiger partial charge in [0, 0.05) is 31.1 Å². The van der Waals surface area contributed by atoms with Gasteiger partial charge in [-0.15, -0.1) is 5.10 Å². The summed E-state index contributed by atoms with van der Waals surface area (Å²) in [6, 6.07) is 3.28.